The van der Waals surface area contributed by atoms with Gasteiger partial charge in [0.2, 0.25) is 0 Å². The summed E-state index contributed by atoms with van der Waals surface area (Å²) in [6.07, 6.45) is 4.62. The van der Waals surface area contributed by atoms with Crippen molar-refractivity contribution in [3.05, 3.63) is 11.9 Å². The minimum Gasteiger partial charge on any atom is -0.325 e. The minimum atomic E-state index is 0. The molecule has 1 fully saturated rings. The van der Waals surface area contributed by atoms with Crippen molar-refractivity contribution in [2.24, 2.45) is 11.7 Å². The highest BCUT2D eigenvalue weighted by Gasteiger charge is 2.21. The Bertz CT molecular complexity index is 246. The summed E-state index contributed by atoms with van der Waals surface area (Å²) < 4.78 is 1.89. The van der Waals surface area contributed by atoms with Gasteiger partial charge >= 0.3 is 0 Å². The normalized spacial score (nSPS) is 14.5. The summed E-state index contributed by atoms with van der Waals surface area (Å²) in [5.41, 5.74) is 6.27. The molecule has 1 aliphatic rings. The third-order valence-corrected chi connectivity index (χ3v) is 1.94. The standard InChI is InChI=1S/C7H12N4.2ClH/c8-3-7-5-11(10-9-7)4-6-1-2-6;;/h5-6H,1-4,8H2;2*1H. The van der Waals surface area contributed by atoms with E-state index < -0.39 is 0 Å². The fraction of sp³-hybridized carbons (Fsp3) is 0.714. The average molecular weight is 225 g/mol. The third kappa shape index (κ3) is 3.50. The molecular weight excluding hydrogens is 211 g/mol. The second kappa shape index (κ2) is 5.42. The van der Waals surface area contributed by atoms with E-state index in [4.69, 9.17) is 5.73 Å². The highest BCUT2D eigenvalue weighted by Crippen LogP contribution is 2.30. The van der Waals surface area contributed by atoms with Gasteiger partial charge in [0.1, 0.15) is 0 Å². The summed E-state index contributed by atoms with van der Waals surface area (Å²) in [4.78, 5) is 0. The fourth-order valence-electron chi connectivity index (χ4n) is 1.09. The first-order chi connectivity index (χ1) is 5.38. The van der Waals surface area contributed by atoms with Crippen LogP contribution in [0.2, 0.25) is 0 Å². The van der Waals surface area contributed by atoms with Crippen molar-refractivity contribution >= 4 is 24.8 Å². The number of halogens is 2. The maximum atomic E-state index is 5.39. The van der Waals surface area contributed by atoms with Gasteiger partial charge in [0.15, 0.2) is 0 Å². The second-order valence-electron chi connectivity index (χ2n) is 3.08. The predicted octanol–water partition coefficient (Wildman–Crippen LogP) is 0.990. The van der Waals surface area contributed by atoms with Crippen LogP contribution in [-0.2, 0) is 13.1 Å². The van der Waals surface area contributed by atoms with Crippen molar-refractivity contribution in [2.45, 2.75) is 25.9 Å². The number of rotatable bonds is 3. The van der Waals surface area contributed by atoms with Gasteiger partial charge in [-0.05, 0) is 18.8 Å². The summed E-state index contributed by atoms with van der Waals surface area (Å²) >= 11 is 0. The lowest BCUT2D eigenvalue weighted by atomic mass is 10.4. The average Bonchev–Trinajstić information content (AvgIpc) is 2.68. The predicted molar refractivity (Wildman–Crippen MR) is 55.1 cm³/mol. The van der Waals surface area contributed by atoms with E-state index in [0.717, 1.165) is 18.2 Å². The molecule has 1 aromatic rings. The Labute approximate surface area is 89.7 Å². The topological polar surface area (TPSA) is 56.7 Å². The molecule has 0 amide bonds. The van der Waals surface area contributed by atoms with Gasteiger partial charge in [-0.3, -0.25) is 4.68 Å². The lowest BCUT2D eigenvalue weighted by Gasteiger charge is -1.93. The SMILES string of the molecule is Cl.Cl.NCc1cn(CC2CC2)nn1. The molecule has 0 bridgehead atoms. The molecule has 0 atom stereocenters. The van der Waals surface area contributed by atoms with Gasteiger partial charge in [-0.15, -0.1) is 29.9 Å². The maximum Gasteiger partial charge on any atom is 0.0962 e. The number of aromatic nitrogens is 3. The summed E-state index contributed by atoms with van der Waals surface area (Å²) in [6.45, 7) is 1.51. The van der Waals surface area contributed by atoms with Crippen molar-refractivity contribution in [3.63, 3.8) is 0 Å². The quantitative estimate of drug-likeness (QED) is 0.834. The molecule has 6 heteroatoms. The first kappa shape index (κ1) is 12.7. The Morgan fingerprint density at radius 2 is 2.15 bits per heavy atom. The zero-order valence-corrected chi connectivity index (χ0v) is 8.85. The molecule has 13 heavy (non-hydrogen) atoms. The van der Waals surface area contributed by atoms with E-state index in [1.54, 1.807) is 0 Å². The van der Waals surface area contributed by atoms with Gasteiger partial charge in [0.25, 0.3) is 0 Å². The van der Waals surface area contributed by atoms with Crippen LogP contribution in [0.3, 0.4) is 0 Å². The van der Waals surface area contributed by atoms with Gasteiger partial charge in [0, 0.05) is 19.3 Å². The van der Waals surface area contributed by atoms with E-state index in [-0.39, 0.29) is 24.8 Å². The van der Waals surface area contributed by atoms with E-state index in [2.05, 4.69) is 10.3 Å². The van der Waals surface area contributed by atoms with E-state index >= 15 is 0 Å². The van der Waals surface area contributed by atoms with Crippen molar-refractivity contribution in [1.82, 2.24) is 15.0 Å². The molecule has 2 rings (SSSR count). The zero-order valence-electron chi connectivity index (χ0n) is 7.22. The first-order valence-electron chi connectivity index (χ1n) is 3.97. The molecule has 4 nitrogen and oxygen atoms in total. The van der Waals surface area contributed by atoms with Crippen molar-refractivity contribution in [2.75, 3.05) is 0 Å². The number of hydrogen-bond acceptors (Lipinski definition) is 3. The van der Waals surface area contributed by atoms with Crippen LogP contribution in [-0.4, -0.2) is 15.0 Å². The molecule has 2 N–H and O–H groups in total. The van der Waals surface area contributed by atoms with Crippen LogP contribution in [0.5, 0.6) is 0 Å². The fourth-order valence-corrected chi connectivity index (χ4v) is 1.09. The van der Waals surface area contributed by atoms with E-state index in [9.17, 15) is 0 Å². The molecule has 0 saturated heterocycles. The Hall–Kier alpha value is -0.320. The van der Waals surface area contributed by atoms with Gasteiger partial charge < -0.3 is 5.73 Å². The van der Waals surface area contributed by atoms with E-state index in [1.807, 2.05) is 10.9 Å². The van der Waals surface area contributed by atoms with Crippen LogP contribution >= 0.6 is 24.8 Å². The van der Waals surface area contributed by atoms with Crippen LogP contribution < -0.4 is 5.73 Å². The Balaban J connectivity index is 0.000000720. The molecule has 0 aliphatic heterocycles. The van der Waals surface area contributed by atoms with Gasteiger partial charge in [0.05, 0.1) is 5.69 Å². The monoisotopic (exact) mass is 224 g/mol. The summed E-state index contributed by atoms with van der Waals surface area (Å²) in [5, 5.41) is 7.86. The largest absolute Gasteiger partial charge is 0.325 e. The third-order valence-electron chi connectivity index (χ3n) is 1.94. The molecular formula is C7H14Cl2N4. The molecule has 1 heterocycles. The summed E-state index contributed by atoms with van der Waals surface area (Å²) in [7, 11) is 0. The Morgan fingerprint density at radius 1 is 1.46 bits per heavy atom. The van der Waals surface area contributed by atoms with Crippen LogP contribution in [0.1, 0.15) is 18.5 Å². The number of nitrogens with two attached hydrogens (primary N) is 1. The van der Waals surface area contributed by atoms with Crippen LogP contribution in [0.4, 0.5) is 0 Å². The molecule has 0 radical (unpaired) electrons. The number of nitrogens with zero attached hydrogens (tertiary/aromatic N) is 3. The lowest BCUT2D eigenvalue weighted by Crippen LogP contribution is -2.00. The van der Waals surface area contributed by atoms with E-state index in [0.29, 0.717) is 6.54 Å². The summed E-state index contributed by atoms with van der Waals surface area (Å²) in [6, 6.07) is 0. The van der Waals surface area contributed by atoms with Crippen LogP contribution in [0.25, 0.3) is 0 Å². The van der Waals surface area contributed by atoms with Crippen molar-refractivity contribution < 1.29 is 0 Å². The van der Waals surface area contributed by atoms with Gasteiger partial charge in [-0.2, -0.15) is 0 Å². The Kier molecular flexibility index (Phi) is 5.29. The van der Waals surface area contributed by atoms with Crippen molar-refractivity contribution in [3.8, 4) is 0 Å². The molecule has 1 aromatic heterocycles. The smallest absolute Gasteiger partial charge is 0.0962 e. The molecule has 1 aliphatic carbocycles. The molecule has 0 aromatic carbocycles. The second-order valence-corrected chi connectivity index (χ2v) is 3.08. The number of hydrogen-bond donors (Lipinski definition) is 1. The lowest BCUT2D eigenvalue weighted by molar-refractivity contribution is 0.544. The first-order valence-corrected chi connectivity index (χ1v) is 3.97. The van der Waals surface area contributed by atoms with E-state index in [1.165, 1.54) is 12.8 Å². The maximum absolute atomic E-state index is 5.39. The van der Waals surface area contributed by atoms with Crippen LogP contribution in [0, 0.1) is 5.92 Å². The highest BCUT2D eigenvalue weighted by molar-refractivity contribution is 5.85. The minimum absolute atomic E-state index is 0. The highest BCUT2D eigenvalue weighted by atomic mass is 35.5. The molecule has 0 unspecified atom stereocenters. The molecule has 0 spiro atoms. The summed E-state index contributed by atoms with van der Waals surface area (Å²) in [5.74, 6) is 0.849. The Morgan fingerprint density at radius 3 is 2.62 bits per heavy atom. The zero-order chi connectivity index (χ0) is 7.68. The molecule has 76 valence electrons. The van der Waals surface area contributed by atoms with Crippen molar-refractivity contribution in [1.29, 1.82) is 0 Å². The van der Waals surface area contributed by atoms with Gasteiger partial charge in [-0.25, -0.2) is 0 Å². The van der Waals surface area contributed by atoms with Crippen LogP contribution in [0.15, 0.2) is 6.20 Å². The van der Waals surface area contributed by atoms with Gasteiger partial charge in [-0.1, -0.05) is 5.21 Å². The molecule has 1 saturated carbocycles.